The van der Waals surface area contributed by atoms with E-state index in [1.54, 1.807) is 4.68 Å². The molecule has 0 aliphatic carbocycles. The minimum absolute atomic E-state index is 0.0198. The minimum Gasteiger partial charge on any atom is -0.349 e. The first-order chi connectivity index (χ1) is 9.97. The summed E-state index contributed by atoms with van der Waals surface area (Å²) in [6, 6.07) is 0.0198. The maximum absolute atomic E-state index is 12.2. The highest BCUT2D eigenvalue weighted by Crippen LogP contribution is 2.24. The van der Waals surface area contributed by atoms with E-state index in [1.807, 2.05) is 27.1 Å². The molecule has 0 saturated carbocycles. The molecular formula is C16H28N4O. The lowest BCUT2D eigenvalue weighted by Gasteiger charge is -2.28. The Morgan fingerprint density at radius 1 is 1.48 bits per heavy atom. The SMILES string of the molecule is Cc1nn(C)cc1C(C)NC(=O)CC(C)C1CCNCC1. The molecule has 2 rings (SSSR count). The van der Waals surface area contributed by atoms with Gasteiger partial charge in [-0.1, -0.05) is 6.92 Å². The van der Waals surface area contributed by atoms with Gasteiger partial charge in [-0.15, -0.1) is 0 Å². The van der Waals surface area contributed by atoms with Gasteiger partial charge in [0.2, 0.25) is 5.91 Å². The highest BCUT2D eigenvalue weighted by molar-refractivity contribution is 5.76. The number of nitrogens with zero attached hydrogens (tertiary/aromatic N) is 2. The molecule has 5 nitrogen and oxygen atoms in total. The van der Waals surface area contributed by atoms with E-state index in [-0.39, 0.29) is 11.9 Å². The van der Waals surface area contributed by atoms with E-state index >= 15 is 0 Å². The Balaban J connectivity index is 1.84. The Hall–Kier alpha value is -1.36. The Kier molecular flexibility index (Phi) is 5.39. The molecule has 1 saturated heterocycles. The van der Waals surface area contributed by atoms with Gasteiger partial charge in [0.1, 0.15) is 0 Å². The summed E-state index contributed by atoms with van der Waals surface area (Å²) in [7, 11) is 1.91. The van der Waals surface area contributed by atoms with Gasteiger partial charge in [-0.3, -0.25) is 9.48 Å². The third-order valence-electron chi connectivity index (χ3n) is 4.59. The average Bonchev–Trinajstić information content (AvgIpc) is 2.78. The quantitative estimate of drug-likeness (QED) is 0.872. The molecule has 0 radical (unpaired) electrons. The van der Waals surface area contributed by atoms with Crippen LogP contribution in [0.2, 0.25) is 0 Å². The zero-order valence-electron chi connectivity index (χ0n) is 13.6. The Bertz CT molecular complexity index is 477. The molecule has 0 bridgehead atoms. The zero-order chi connectivity index (χ0) is 15.4. The molecule has 2 heterocycles. The lowest BCUT2D eigenvalue weighted by atomic mass is 9.84. The van der Waals surface area contributed by atoms with Crippen LogP contribution in [0.25, 0.3) is 0 Å². The van der Waals surface area contributed by atoms with Crippen LogP contribution in [0, 0.1) is 18.8 Å². The van der Waals surface area contributed by atoms with Crippen molar-refractivity contribution in [2.75, 3.05) is 13.1 Å². The summed E-state index contributed by atoms with van der Waals surface area (Å²) in [6.45, 7) is 8.38. The summed E-state index contributed by atoms with van der Waals surface area (Å²) in [5.74, 6) is 1.28. The predicted molar refractivity (Wildman–Crippen MR) is 83.9 cm³/mol. The first-order valence-corrected chi connectivity index (χ1v) is 7.97. The normalized spacial score (nSPS) is 19.2. The van der Waals surface area contributed by atoms with Gasteiger partial charge < -0.3 is 10.6 Å². The van der Waals surface area contributed by atoms with Crippen LogP contribution in [-0.4, -0.2) is 28.8 Å². The van der Waals surface area contributed by atoms with Crippen molar-refractivity contribution >= 4 is 5.91 Å². The summed E-state index contributed by atoms with van der Waals surface area (Å²) >= 11 is 0. The molecule has 1 aliphatic heterocycles. The molecule has 1 fully saturated rings. The van der Waals surface area contributed by atoms with E-state index in [9.17, 15) is 4.79 Å². The fraction of sp³-hybridized carbons (Fsp3) is 0.750. The minimum atomic E-state index is 0.0198. The van der Waals surface area contributed by atoms with E-state index in [4.69, 9.17) is 0 Å². The highest BCUT2D eigenvalue weighted by Gasteiger charge is 2.23. The molecule has 1 aromatic heterocycles. The molecule has 21 heavy (non-hydrogen) atoms. The van der Waals surface area contributed by atoms with Crippen molar-refractivity contribution in [2.45, 2.75) is 46.1 Å². The first kappa shape index (κ1) is 16.0. The van der Waals surface area contributed by atoms with Crippen molar-refractivity contribution in [1.82, 2.24) is 20.4 Å². The number of amides is 1. The number of aryl methyl sites for hydroxylation is 2. The lowest BCUT2D eigenvalue weighted by molar-refractivity contribution is -0.123. The summed E-state index contributed by atoms with van der Waals surface area (Å²) in [5.41, 5.74) is 2.08. The van der Waals surface area contributed by atoms with Crippen LogP contribution >= 0.6 is 0 Å². The Morgan fingerprint density at radius 3 is 2.71 bits per heavy atom. The molecular weight excluding hydrogens is 264 g/mol. The molecule has 1 aromatic rings. The molecule has 5 heteroatoms. The van der Waals surface area contributed by atoms with Crippen molar-refractivity contribution in [3.63, 3.8) is 0 Å². The van der Waals surface area contributed by atoms with Crippen LogP contribution < -0.4 is 10.6 Å². The molecule has 1 aliphatic rings. The maximum atomic E-state index is 12.2. The van der Waals surface area contributed by atoms with Crippen LogP contribution in [0.3, 0.4) is 0 Å². The number of hydrogen-bond acceptors (Lipinski definition) is 3. The van der Waals surface area contributed by atoms with Crippen molar-refractivity contribution < 1.29 is 4.79 Å². The maximum Gasteiger partial charge on any atom is 0.220 e. The van der Waals surface area contributed by atoms with Gasteiger partial charge in [0, 0.05) is 25.2 Å². The van der Waals surface area contributed by atoms with Gasteiger partial charge in [-0.2, -0.15) is 5.10 Å². The molecule has 2 unspecified atom stereocenters. The Labute approximate surface area is 127 Å². The smallest absolute Gasteiger partial charge is 0.220 e. The van der Waals surface area contributed by atoms with Gasteiger partial charge in [-0.05, 0) is 51.6 Å². The summed E-state index contributed by atoms with van der Waals surface area (Å²) < 4.78 is 1.80. The highest BCUT2D eigenvalue weighted by atomic mass is 16.1. The van der Waals surface area contributed by atoms with Gasteiger partial charge in [-0.25, -0.2) is 0 Å². The van der Waals surface area contributed by atoms with E-state index in [2.05, 4.69) is 22.7 Å². The third-order valence-corrected chi connectivity index (χ3v) is 4.59. The summed E-state index contributed by atoms with van der Waals surface area (Å²) in [5, 5.41) is 10.8. The molecule has 118 valence electrons. The number of nitrogens with one attached hydrogen (secondary N) is 2. The van der Waals surface area contributed by atoms with Crippen LogP contribution in [0.15, 0.2) is 6.20 Å². The number of hydrogen-bond donors (Lipinski definition) is 2. The second kappa shape index (κ2) is 7.07. The topological polar surface area (TPSA) is 59.0 Å². The first-order valence-electron chi connectivity index (χ1n) is 7.97. The van der Waals surface area contributed by atoms with Crippen LogP contribution in [-0.2, 0) is 11.8 Å². The average molecular weight is 292 g/mol. The lowest BCUT2D eigenvalue weighted by Crippen LogP contribution is -2.34. The van der Waals surface area contributed by atoms with Crippen molar-refractivity contribution in [1.29, 1.82) is 0 Å². The third kappa shape index (κ3) is 4.30. The van der Waals surface area contributed by atoms with Crippen molar-refractivity contribution in [2.24, 2.45) is 18.9 Å². The Morgan fingerprint density at radius 2 is 2.14 bits per heavy atom. The van der Waals surface area contributed by atoms with Crippen LogP contribution in [0.5, 0.6) is 0 Å². The molecule has 2 N–H and O–H groups in total. The summed E-state index contributed by atoms with van der Waals surface area (Å²) in [6.07, 6.45) is 4.97. The van der Waals surface area contributed by atoms with Gasteiger partial charge in [0.05, 0.1) is 11.7 Å². The fourth-order valence-corrected chi connectivity index (χ4v) is 3.29. The number of aromatic nitrogens is 2. The van der Waals surface area contributed by atoms with E-state index < -0.39 is 0 Å². The van der Waals surface area contributed by atoms with Crippen molar-refractivity contribution in [3.05, 3.63) is 17.5 Å². The van der Waals surface area contributed by atoms with Crippen LogP contribution in [0.4, 0.5) is 0 Å². The predicted octanol–water partition coefficient (Wildman–Crippen LogP) is 1.93. The summed E-state index contributed by atoms with van der Waals surface area (Å²) in [4.78, 5) is 12.2. The second-order valence-corrected chi connectivity index (χ2v) is 6.40. The largest absolute Gasteiger partial charge is 0.349 e. The monoisotopic (exact) mass is 292 g/mol. The van der Waals surface area contributed by atoms with Gasteiger partial charge in [0.15, 0.2) is 0 Å². The van der Waals surface area contributed by atoms with E-state index in [0.29, 0.717) is 18.3 Å². The number of piperidine rings is 1. The number of carbonyl (C=O) groups is 1. The fourth-order valence-electron chi connectivity index (χ4n) is 3.29. The van der Waals surface area contributed by atoms with E-state index in [1.165, 1.54) is 12.8 Å². The van der Waals surface area contributed by atoms with Crippen LogP contribution in [0.1, 0.15) is 50.4 Å². The second-order valence-electron chi connectivity index (χ2n) is 6.40. The van der Waals surface area contributed by atoms with Crippen molar-refractivity contribution in [3.8, 4) is 0 Å². The van der Waals surface area contributed by atoms with Gasteiger partial charge in [0.25, 0.3) is 0 Å². The molecule has 1 amide bonds. The standard InChI is InChI=1S/C16H28N4O/c1-11(14-5-7-17-8-6-14)9-16(21)18-12(2)15-10-20(4)19-13(15)3/h10-12,14,17H,5-9H2,1-4H3,(H,18,21). The zero-order valence-corrected chi connectivity index (χ0v) is 13.6. The molecule has 0 spiro atoms. The molecule has 0 aromatic carbocycles. The van der Waals surface area contributed by atoms with E-state index in [0.717, 1.165) is 24.3 Å². The number of rotatable bonds is 5. The number of carbonyl (C=O) groups excluding carboxylic acids is 1. The van der Waals surface area contributed by atoms with Gasteiger partial charge >= 0.3 is 0 Å². The molecule has 2 atom stereocenters.